The molecule has 0 heterocycles. The second kappa shape index (κ2) is 10.8. The maximum Gasteiger partial charge on any atom is 0.120 e. The van der Waals surface area contributed by atoms with Gasteiger partial charge in [-0.2, -0.15) is 0 Å². The van der Waals surface area contributed by atoms with Crippen LogP contribution < -0.4 is 10.1 Å². The van der Waals surface area contributed by atoms with Crippen LogP contribution in [0, 0.1) is 0 Å². The van der Waals surface area contributed by atoms with Crippen LogP contribution in [0.2, 0.25) is 5.02 Å². The van der Waals surface area contributed by atoms with Gasteiger partial charge in [-0.1, -0.05) is 17.7 Å². The minimum absolute atomic E-state index is 0.243. The Morgan fingerprint density at radius 3 is 2.90 bits per heavy atom. The van der Waals surface area contributed by atoms with Gasteiger partial charge in [-0.15, -0.1) is 0 Å². The number of halogens is 1. The number of nitrogens with one attached hydrogen (secondary N) is 1. The third-order valence-electron chi connectivity index (χ3n) is 2.97. The monoisotopic (exact) mass is 316 g/mol. The number of likely N-dealkylation sites (N-methyl/N-ethyl adjacent to an activating group) is 1. The molecule has 0 aliphatic heterocycles. The fraction of sp³-hybridized carbons (Fsp3) is 0.600. The average Bonchev–Trinajstić information content (AvgIpc) is 2.47. The lowest BCUT2D eigenvalue weighted by Crippen LogP contribution is -2.36. The summed E-state index contributed by atoms with van der Waals surface area (Å²) in [5.41, 5.74) is 0. The van der Waals surface area contributed by atoms with Crippen LogP contribution in [0.3, 0.4) is 0 Å². The summed E-state index contributed by atoms with van der Waals surface area (Å²) in [4.78, 5) is 2.17. The largest absolute Gasteiger partial charge is 0.491 e. The SMILES string of the molecule is COCCN(C)CCNCC(O)COc1cccc(Cl)c1. The Kier molecular flexibility index (Phi) is 9.37. The molecule has 0 saturated carbocycles. The highest BCUT2D eigenvalue weighted by Gasteiger charge is 2.05. The van der Waals surface area contributed by atoms with Crippen LogP contribution in [0.1, 0.15) is 0 Å². The van der Waals surface area contributed by atoms with Crippen LogP contribution in [0.25, 0.3) is 0 Å². The molecule has 1 unspecified atom stereocenters. The van der Waals surface area contributed by atoms with E-state index in [1.807, 2.05) is 19.2 Å². The van der Waals surface area contributed by atoms with Crippen molar-refractivity contribution in [1.29, 1.82) is 0 Å². The Balaban J connectivity index is 2.07. The van der Waals surface area contributed by atoms with E-state index in [1.165, 1.54) is 0 Å². The lowest BCUT2D eigenvalue weighted by atomic mass is 10.3. The van der Waals surface area contributed by atoms with Gasteiger partial charge in [-0.3, -0.25) is 0 Å². The predicted octanol–water partition coefficient (Wildman–Crippen LogP) is 1.25. The van der Waals surface area contributed by atoms with E-state index in [-0.39, 0.29) is 6.61 Å². The number of methoxy groups -OCH3 is 1. The zero-order valence-corrected chi connectivity index (χ0v) is 13.5. The molecule has 0 amide bonds. The molecule has 5 nitrogen and oxygen atoms in total. The summed E-state index contributed by atoms with van der Waals surface area (Å²) in [5, 5.41) is 13.7. The van der Waals surface area contributed by atoms with Crippen molar-refractivity contribution in [3.63, 3.8) is 0 Å². The zero-order chi connectivity index (χ0) is 15.5. The molecule has 1 atom stereocenters. The number of hydrogen-bond donors (Lipinski definition) is 2. The fourth-order valence-electron chi connectivity index (χ4n) is 1.71. The molecule has 21 heavy (non-hydrogen) atoms. The number of rotatable bonds is 11. The Labute approximate surface area is 131 Å². The number of aliphatic hydroxyl groups is 1. The Bertz CT molecular complexity index is 393. The molecule has 1 aromatic rings. The molecular formula is C15H25ClN2O3. The highest BCUT2D eigenvalue weighted by atomic mass is 35.5. The smallest absolute Gasteiger partial charge is 0.120 e. The van der Waals surface area contributed by atoms with Crippen molar-refractivity contribution in [1.82, 2.24) is 10.2 Å². The van der Waals surface area contributed by atoms with E-state index in [0.29, 0.717) is 17.3 Å². The minimum Gasteiger partial charge on any atom is -0.491 e. The molecular weight excluding hydrogens is 292 g/mol. The van der Waals surface area contributed by atoms with E-state index < -0.39 is 6.10 Å². The molecule has 0 aromatic heterocycles. The topological polar surface area (TPSA) is 54.0 Å². The van der Waals surface area contributed by atoms with Gasteiger partial charge in [-0.25, -0.2) is 0 Å². The number of ether oxygens (including phenoxy) is 2. The van der Waals surface area contributed by atoms with Crippen molar-refractivity contribution in [3.05, 3.63) is 29.3 Å². The van der Waals surface area contributed by atoms with Crippen LogP contribution in [0.5, 0.6) is 5.75 Å². The van der Waals surface area contributed by atoms with Gasteiger partial charge in [0.1, 0.15) is 18.5 Å². The molecule has 1 rings (SSSR count). The first-order chi connectivity index (χ1) is 10.1. The third kappa shape index (κ3) is 8.90. The third-order valence-corrected chi connectivity index (χ3v) is 3.20. The molecule has 0 aliphatic carbocycles. The van der Waals surface area contributed by atoms with Gasteiger partial charge < -0.3 is 24.8 Å². The average molecular weight is 317 g/mol. The molecule has 0 aliphatic rings. The van der Waals surface area contributed by atoms with Crippen LogP contribution in [0.4, 0.5) is 0 Å². The molecule has 0 spiro atoms. The van der Waals surface area contributed by atoms with E-state index in [9.17, 15) is 5.11 Å². The van der Waals surface area contributed by atoms with Gasteiger partial charge in [0.15, 0.2) is 0 Å². The van der Waals surface area contributed by atoms with Crippen molar-refractivity contribution in [2.75, 3.05) is 53.6 Å². The maximum atomic E-state index is 9.83. The van der Waals surface area contributed by atoms with Crippen LogP contribution in [0.15, 0.2) is 24.3 Å². The van der Waals surface area contributed by atoms with Crippen LogP contribution in [-0.2, 0) is 4.74 Å². The molecule has 2 N–H and O–H groups in total. The first-order valence-electron chi connectivity index (χ1n) is 7.06. The highest BCUT2D eigenvalue weighted by molar-refractivity contribution is 6.30. The second-order valence-corrected chi connectivity index (χ2v) is 5.36. The van der Waals surface area contributed by atoms with Crippen molar-refractivity contribution in [2.24, 2.45) is 0 Å². The van der Waals surface area contributed by atoms with Gasteiger partial charge in [-0.05, 0) is 25.2 Å². The molecule has 0 bridgehead atoms. The summed E-state index contributed by atoms with van der Waals surface area (Å²) in [6.45, 7) is 4.09. The number of aliphatic hydroxyl groups excluding tert-OH is 1. The lowest BCUT2D eigenvalue weighted by molar-refractivity contribution is 0.105. The van der Waals surface area contributed by atoms with Crippen molar-refractivity contribution in [2.45, 2.75) is 6.10 Å². The number of benzene rings is 1. The Morgan fingerprint density at radius 1 is 1.38 bits per heavy atom. The summed E-state index contributed by atoms with van der Waals surface area (Å²) in [7, 11) is 3.74. The van der Waals surface area contributed by atoms with Gasteiger partial charge >= 0.3 is 0 Å². The number of hydrogen-bond acceptors (Lipinski definition) is 5. The molecule has 1 aromatic carbocycles. The predicted molar refractivity (Wildman–Crippen MR) is 85.2 cm³/mol. The summed E-state index contributed by atoms with van der Waals surface area (Å²) in [5.74, 6) is 0.667. The molecule has 6 heteroatoms. The van der Waals surface area contributed by atoms with Gasteiger partial charge in [0, 0.05) is 38.3 Å². The molecule has 0 fully saturated rings. The Hall–Kier alpha value is -0.850. The van der Waals surface area contributed by atoms with Crippen molar-refractivity contribution >= 4 is 11.6 Å². The van der Waals surface area contributed by atoms with E-state index in [4.69, 9.17) is 21.1 Å². The zero-order valence-electron chi connectivity index (χ0n) is 12.7. The van der Waals surface area contributed by atoms with Crippen LogP contribution >= 0.6 is 11.6 Å². The van der Waals surface area contributed by atoms with E-state index in [2.05, 4.69) is 10.2 Å². The van der Waals surface area contributed by atoms with E-state index >= 15 is 0 Å². The molecule has 0 saturated heterocycles. The molecule has 120 valence electrons. The maximum absolute atomic E-state index is 9.83. The van der Waals surface area contributed by atoms with E-state index in [1.54, 1.807) is 19.2 Å². The second-order valence-electron chi connectivity index (χ2n) is 4.92. The summed E-state index contributed by atoms with van der Waals surface area (Å²) < 4.78 is 10.5. The van der Waals surface area contributed by atoms with Crippen molar-refractivity contribution in [3.8, 4) is 5.75 Å². The van der Waals surface area contributed by atoms with Gasteiger partial charge in [0.2, 0.25) is 0 Å². The highest BCUT2D eigenvalue weighted by Crippen LogP contribution is 2.17. The quantitative estimate of drug-likeness (QED) is 0.602. The van der Waals surface area contributed by atoms with E-state index in [0.717, 1.165) is 26.2 Å². The first kappa shape index (κ1) is 18.2. The summed E-state index contributed by atoms with van der Waals surface area (Å²) in [6, 6.07) is 7.15. The van der Waals surface area contributed by atoms with Crippen molar-refractivity contribution < 1.29 is 14.6 Å². The first-order valence-corrected chi connectivity index (χ1v) is 7.44. The normalized spacial score (nSPS) is 12.6. The Morgan fingerprint density at radius 2 is 2.19 bits per heavy atom. The molecule has 0 radical (unpaired) electrons. The van der Waals surface area contributed by atoms with Crippen LogP contribution in [-0.4, -0.2) is 69.7 Å². The minimum atomic E-state index is -0.548. The number of nitrogens with zero attached hydrogens (tertiary/aromatic N) is 1. The van der Waals surface area contributed by atoms with Gasteiger partial charge in [0.25, 0.3) is 0 Å². The lowest BCUT2D eigenvalue weighted by Gasteiger charge is -2.17. The fourth-order valence-corrected chi connectivity index (χ4v) is 1.89. The van der Waals surface area contributed by atoms with Gasteiger partial charge in [0.05, 0.1) is 6.61 Å². The standard InChI is InChI=1S/C15H25ClN2O3/c1-18(8-9-20-2)7-6-17-11-14(19)12-21-15-5-3-4-13(16)10-15/h3-5,10,14,17,19H,6-9,11-12H2,1-2H3. The summed E-state index contributed by atoms with van der Waals surface area (Å²) >= 11 is 5.86. The summed E-state index contributed by atoms with van der Waals surface area (Å²) in [6.07, 6.45) is -0.548.